The maximum atomic E-state index is 12.0. The molecule has 0 aliphatic rings. The van der Waals surface area contributed by atoms with Crippen molar-refractivity contribution in [2.24, 2.45) is 0 Å². The minimum Gasteiger partial charge on any atom is -0.308 e. The van der Waals surface area contributed by atoms with Crippen molar-refractivity contribution in [1.82, 2.24) is 0 Å². The number of ketones is 1. The topological polar surface area (TPSA) is 58.2 Å². The van der Waals surface area contributed by atoms with Crippen molar-refractivity contribution in [3.8, 4) is 0 Å². The molecular formula is C16H15BrN2O2. The number of hydrogen-bond donors (Lipinski definition) is 2. The number of rotatable bonds is 3. The van der Waals surface area contributed by atoms with Gasteiger partial charge < -0.3 is 10.6 Å². The van der Waals surface area contributed by atoms with Crippen LogP contribution in [0.1, 0.15) is 22.8 Å². The summed E-state index contributed by atoms with van der Waals surface area (Å²) in [6, 6.07) is 12.0. The summed E-state index contributed by atoms with van der Waals surface area (Å²) < 4.78 is 0.936. The highest BCUT2D eigenvalue weighted by Gasteiger charge is 2.07. The van der Waals surface area contributed by atoms with E-state index < -0.39 is 0 Å². The lowest BCUT2D eigenvalue weighted by Gasteiger charge is -2.11. The van der Waals surface area contributed by atoms with Gasteiger partial charge in [-0.3, -0.25) is 4.79 Å². The van der Waals surface area contributed by atoms with Crippen LogP contribution in [0, 0.1) is 6.92 Å². The second kappa shape index (κ2) is 6.54. The molecule has 0 heterocycles. The van der Waals surface area contributed by atoms with Gasteiger partial charge in [0.25, 0.3) is 0 Å². The van der Waals surface area contributed by atoms with Crippen LogP contribution in [-0.2, 0) is 0 Å². The van der Waals surface area contributed by atoms with Crippen molar-refractivity contribution >= 4 is 39.1 Å². The molecule has 0 saturated heterocycles. The zero-order valence-electron chi connectivity index (χ0n) is 11.7. The molecule has 2 rings (SSSR count). The number of urea groups is 1. The molecule has 0 aromatic heterocycles. The predicted octanol–water partition coefficient (Wildman–Crippen LogP) is 4.60. The van der Waals surface area contributed by atoms with E-state index in [1.807, 2.05) is 25.1 Å². The lowest BCUT2D eigenvalue weighted by Crippen LogP contribution is -2.20. The molecule has 0 fully saturated rings. The zero-order valence-corrected chi connectivity index (χ0v) is 13.3. The van der Waals surface area contributed by atoms with E-state index in [2.05, 4.69) is 26.6 Å². The van der Waals surface area contributed by atoms with Crippen LogP contribution < -0.4 is 10.6 Å². The van der Waals surface area contributed by atoms with E-state index in [-0.39, 0.29) is 11.8 Å². The van der Waals surface area contributed by atoms with E-state index >= 15 is 0 Å². The van der Waals surface area contributed by atoms with Crippen LogP contribution in [-0.4, -0.2) is 11.8 Å². The molecule has 108 valence electrons. The third-order valence-corrected chi connectivity index (χ3v) is 3.92. The molecule has 2 aromatic carbocycles. The molecule has 0 atom stereocenters. The highest BCUT2D eigenvalue weighted by Crippen LogP contribution is 2.23. The molecule has 0 aliphatic carbocycles. The number of anilines is 2. The van der Waals surface area contributed by atoms with Crippen LogP contribution in [0.4, 0.5) is 16.2 Å². The first-order valence-corrected chi connectivity index (χ1v) is 7.21. The number of carbonyl (C=O) groups is 2. The maximum Gasteiger partial charge on any atom is 0.323 e. The summed E-state index contributed by atoms with van der Waals surface area (Å²) in [5, 5.41) is 5.52. The monoisotopic (exact) mass is 346 g/mol. The van der Waals surface area contributed by atoms with Crippen molar-refractivity contribution < 1.29 is 9.59 Å². The van der Waals surface area contributed by atoms with Crippen molar-refractivity contribution in [2.45, 2.75) is 13.8 Å². The summed E-state index contributed by atoms with van der Waals surface area (Å²) >= 11 is 3.42. The molecular weight excluding hydrogens is 332 g/mol. The van der Waals surface area contributed by atoms with Gasteiger partial charge >= 0.3 is 6.03 Å². The van der Waals surface area contributed by atoms with Crippen LogP contribution in [0.3, 0.4) is 0 Å². The Bertz CT molecular complexity index is 681. The molecule has 2 amide bonds. The van der Waals surface area contributed by atoms with Crippen LogP contribution in [0.15, 0.2) is 46.9 Å². The molecule has 0 saturated carbocycles. The average molecular weight is 347 g/mol. The van der Waals surface area contributed by atoms with Gasteiger partial charge in [0.1, 0.15) is 0 Å². The molecule has 0 aliphatic heterocycles. The van der Waals surface area contributed by atoms with Crippen molar-refractivity contribution in [3.63, 3.8) is 0 Å². The smallest absolute Gasteiger partial charge is 0.308 e. The SMILES string of the molecule is CC(=O)c1ccc(NC(=O)Nc2cccc(Br)c2C)cc1. The number of amides is 2. The lowest BCUT2D eigenvalue weighted by molar-refractivity contribution is 0.101. The molecule has 0 unspecified atom stereocenters. The first-order valence-electron chi connectivity index (χ1n) is 6.41. The number of halogens is 1. The van der Waals surface area contributed by atoms with E-state index in [9.17, 15) is 9.59 Å². The normalized spacial score (nSPS) is 10.0. The fourth-order valence-electron chi connectivity index (χ4n) is 1.82. The van der Waals surface area contributed by atoms with E-state index in [4.69, 9.17) is 0 Å². The standard InChI is InChI=1S/C16H15BrN2O2/c1-10-14(17)4-3-5-15(10)19-16(21)18-13-8-6-12(7-9-13)11(2)20/h3-9H,1-2H3,(H2,18,19,21). The first kappa shape index (κ1) is 15.3. The Balaban J connectivity index is 2.04. The summed E-state index contributed by atoms with van der Waals surface area (Å²) in [4.78, 5) is 23.1. The van der Waals surface area contributed by atoms with Crippen LogP contribution in [0.25, 0.3) is 0 Å². The Morgan fingerprint density at radius 3 is 2.29 bits per heavy atom. The molecule has 0 radical (unpaired) electrons. The first-order chi connectivity index (χ1) is 9.97. The Hall–Kier alpha value is -2.14. The van der Waals surface area contributed by atoms with Crippen molar-refractivity contribution in [3.05, 3.63) is 58.1 Å². The Labute approximate surface area is 131 Å². The molecule has 5 heteroatoms. The van der Waals surface area contributed by atoms with Crippen LogP contribution in [0.5, 0.6) is 0 Å². The largest absolute Gasteiger partial charge is 0.323 e. The van der Waals surface area contributed by atoms with Gasteiger partial charge in [0, 0.05) is 21.4 Å². The molecule has 2 aromatic rings. The van der Waals surface area contributed by atoms with Gasteiger partial charge in [-0.1, -0.05) is 22.0 Å². The lowest BCUT2D eigenvalue weighted by atomic mass is 10.1. The fraction of sp³-hybridized carbons (Fsp3) is 0.125. The quantitative estimate of drug-likeness (QED) is 0.797. The molecule has 21 heavy (non-hydrogen) atoms. The van der Waals surface area contributed by atoms with E-state index in [0.29, 0.717) is 11.3 Å². The van der Waals surface area contributed by atoms with Crippen molar-refractivity contribution in [1.29, 1.82) is 0 Å². The number of nitrogens with one attached hydrogen (secondary N) is 2. The summed E-state index contributed by atoms with van der Waals surface area (Å²) in [6.45, 7) is 3.42. The average Bonchev–Trinajstić information content (AvgIpc) is 2.44. The maximum absolute atomic E-state index is 12.0. The Morgan fingerprint density at radius 1 is 1.00 bits per heavy atom. The second-order valence-electron chi connectivity index (χ2n) is 4.63. The summed E-state index contributed by atoms with van der Waals surface area (Å²) in [7, 11) is 0. The number of Topliss-reactive ketones (excluding diaryl/α,β-unsaturated/α-hetero) is 1. The number of hydrogen-bond acceptors (Lipinski definition) is 2. The van der Waals surface area contributed by atoms with Gasteiger partial charge in [-0.25, -0.2) is 4.79 Å². The van der Waals surface area contributed by atoms with Gasteiger partial charge in [-0.2, -0.15) is 0 Å². The highest BCUT2D eigenvalue weighted by molar-refractivity contribution is 9.10. The fourth-order valence-corrected chi connectivity index (χ4v) is 2.18. The number of carbonyl (C=O) groups excluding carboxylic acids is 2. The zero-order chi connectivity index (χ0) is 15.4. The minimum absolute atomic E-state index is 0.00392. The van der Waals surface area contributed by atoms with Gasteiger partial charge in [0.15, 0.2) is 5.78 Å². The van der Waals surface area contributed by atoms with Gasteiger partial charge in [-0.15, -0.1) is 0 Å². The summed E-state index contributed by atoms with van der Waals surface area (Å²) in [5.41, 5.74) is 2.94. The van der Waals surface area contributed by atoms with E-state index in [0.717, 1.165) is 15.7 Å². The Morgan fingerprint density at radius 2 is 1.67 bits per heavy atom. The van der Waals surface area contributed by atoms with Crippen molar-refractivity contribution in [2.75, 3.05) is 10.6 Å². The minimum atomic E-state index is -0.327. The summed E-state index contributed by atoms with van der Waals surface area (Å²) in [5.74, 6) is -0.00392. The van der Waals surface area contributed by atoms with Gasteiger partial charge in [0.2, 0.25) is 0 Å². The summed E-state index contributed by atoms with van der Waals surface area (Å²) in [6.07, 6.45) is 0. The van der Waals surface area contributed by atoms with Gasteiger partial charge in [-0.05, 0) is 55.8 Å². The predicted molar refractivity (Wildman–Crippen MR) is 88.0 cm³/mol. The Kier molecular flexibility index (Phi) is 4.75. The molecule has 0 spiro atoms. The second-order valence-corrected chi connectivity index (χ2v) is 5.48. The molecule has 2 N–H and O–H groups in total. The highest BCUT2D eigenvalue weighted by atomic mass is 79.9. The third kappa shape index (κ3) is 3.92. The van der Waals surface area contributed by atoms with E-state index in [1.54, 1.807) is 24.3 Å². The van der Waals surface area contributed by atoms with Crippen LogP contribution in [0.2, 0.25) is 0 Å². The number of benzene rings is 2. The van der Waals surface area contributed by atoms with E-state index in [1.165, 1.54) is 6.92 Å². The molecule has 0 bridgehead atoms. The van der Waals surface area contributed by atoms with Crippen LogP contribution >= 0.6 is 15.9 Å². The third-order valence-electron chi connectivity index (χ3n) is 3.07. The molecule has 4 nitrogen and oxygen atoms in total. The van der Waals surface area contributed by atoms with Gasteiger partial charge in [0.05, 0.1) is 0 Å².